The van der Waals surface area contributed by atoms with Crippen LogP contribution >= 0.6 is 0 Å². The van der Waals surface area contributed by atoms with Gasteiger partial charge in [0.25, 0.3) is 5.91 Å². The lowest BCUT2D eigenvalue weighted by Crippen LogP contribution is -2.15. The highest BCUT2D eigenvalue weighted by molar-refractivity contribution is 6.06. The molecule has 0 atom stereocenters. The average Bonchev–Trinajstić information content (AvgIpc) is 2.40. The molecule has 0 unspecified atom stereocenters. The fraction of sp³-hybridized carbons (Fsp3) is 0.125. The zero-order valence-electron chi connectivity index (χ0n) is 11.6. The molecule has 2 aromatic rings. The van der Waals surface area contributed by atoms with Gasteiger partial charge in [0.1, 0.15) is 5.82 Å². The van der Waals surface area contributed by atoms with Crippen molar-refractivity contribution in [1.29, 1.82) is 0 Å². The van der Waals surface area contributed by atoms with Gasteiger partial charge in [0.15, 0.2) is 0 Å². The van der Waals surface area contributed by atoms with Crippen molar-refractivity contribution in [2.24, 2.45) is 0 Å². The van der Waals surface area contributed by atoms with E-state index in [1.165, 1.54) is 6.07 Å². The van der Waals surface area contributed by atoms with Crippen molar-refractivity contribution in [1.82, 2.24) is 0 Å². The minimum Gasteiger partial charge on any atom is -0.478 e. The number of halogens is 1. The highest BCUT2D eigenvalue weighted by Gasteiger charge is 2.15. The van der Waals surface area contributed by atoms with Gasteiger partial charge < -0.3 is 10.4 Å². The lowest BCUT2D eigenvalue weighted by atomic mass is 10.0. The Balaban J connectivity index is 2.32. The molecule has 21 heavy (non-hydrogen) atoms. The molecular formula is C16H14FNO3. The second-order valence-corrected chi connectivity index (χ2v) is 4.72. The molecule has 0 heterocycles. The zero-order chi connectivity index (χ0) is 15.6. The van der Waals surface area contributed by atoms with Gasteiger partial charge >= 0.3 is 5.97 Å². The quantitative estimate of drug-likeness (QED) is 0.909. The summed E-state index contributed by atoms with van der Waals surface area (Å²) in [5, 5.41) is 11.5. The Morgan fingerprint density at radius 3 is 2.29 bits per heavy atom. The Kier molecular flexibility index (Phi) is 4.03. The first-order valence-electron chi connectivity index (χ1n) is 6.30. The monoisotopic (exact) mass is 287 g/mol. The predicted molar refractivity (Wildman–Crippen MR) is 77.2 cm³/mol. The lowest BCUT2D eigenvalue weighted by molar-refractivity contribution is 0.0691. The summed E-state index contributed by atoms with van der Waals surface area (Å²) in [6, 6.07) is 8.92. The summed E-state index contributed by atoms with van der Waals surface area (Å²) >= 11 is 0. The highest BCUT2D eigenvalue weighted by atomic mass is 19.1. The lowest BCUT2D eigenvalue weighted by Gasteiger charge is -2.11. The number of anilines is 1. The molecule has 108 valence electrons. The molecule has 2 rings (SSSR count). The number of rotatable bonds is 3. The molecule has 0 bridgehead atoms. The van der Waals surface area contributed by atoms with Crippen LogP contribution in [0.3, 0.4) is 0 Å². The molecule has 0 aliphatic heterocycles. The summed E-state index contributed by atoms with van der Waals surface area (Å²) in [5.41, 5.74) is 1.91. The van der Waals surface area contributed by atoms with E-state index in [4.69, 9.17) is 5.11 Å². The van der Waals surface area contributed by atoms with Crippen LogP contribution in [0.2, 0.25) is 0 Å². The van der Waals surface area contributed by atoms with Crippen molar-refractivity contribution in [3.05, 3.63) is 64.5 Å². The van der Waals surface area contributed by atoms with Gasteiger partial charge in [0.2, 0.25) is 0 Å². The fourth-order valence-corrected chi connectivity index (χ4v) is 2.13. The average molecular weight is 287 g/mol. The van der Waals surface area contributed by atoms with Crippen molar-refractivity contribution < 1.29 is 19.1 Å². The molecule has 2 aromatic carbocycles. The molecule has 0 saturated heterocycles. The van der Waals surface area contributed by atoms with Crippen molar-refractivity contribution in [3.8, 4) is 0 Å². The standard InChI is InChI=1S/C16H14FNO3/c1-9-4-3-5-10(2)14(9)15(19)18-11-6-7-13(17)12(8-11)16(20)21/h3-8H,1-2H3,(H,18,19)(H,20,21). The van der Waals surface area contributed by atoms with Crippen LogP contribution in [0.15, 0.2) is 36.4 Å². The van der Waals surface area contributed by atoms with Crippen LogP contribution in [-0.2, 0) is 0 Å². The topological polar surface area (TPSA) is 66.4 Å². The van der Waals surface area contributed by atoms with Gasteiger partial charge in [0.05, 0.1) is 5.56 Å². The van der Waals surface area contributed by atoms with Crippen LogP contribution in [0, 0.1) is 19.7 Å². The Hall–Kier alpha value is -2.69. The van der Waals surface area contributed by atoms with E-state index >= 15 is 0 Å². The first-order chi connectivity index (χ1) is 9.90. The van der Waals surface area contributed by atoms with Crippen LogP contribution < -0.4 is 5.32 Å². The fourth-order valence-electron chi connectivity index (χ4n) is 2.13. The smallest absolute Gasteiger partial charge is 0.338 e. The molecule has 0 spiro atoms. The predicted octanol–water partition coefficient (Wildman–Crippen LogP) is 3.39. The van der Waals surface area contributed by atoms with Gasteiger partial charge in [-0.3, -0.25) is 4.79 Å². The molecular weight excluding hydrogens is 273 g/mol. The second kappa shape index (κ2) is 5.75. The number of carboxylic acids is 1. The molecule has 0 fully saturated rings. The molecule has 0 aromatic heterocycles. The maximum atomic E-state index is 13.3. The Bertz CT molecular complexity index is 705. The first-order valence-corrected chi connectivity index (χ1v) is 6.30. The number of nitrogens with one attached hydrogen (secondary N) is 1. The number of carboxylic acid groups (broad SMARTS) is 1. The number of hydrogen-bond donors (Lipinski definition) is 2. The van der Waals surface area contributed by atoms with Crippen molar-refractivity contribution in [2.75, 3.05) is 5.32 Å². The first kappa shape index (κ1) is 14.7. The van der Waals surface area contributed by atoms with E-state index in [0.717, 1.165) is 23.3 Å². The van der Waals surface area contributed by atoms with Crippen molar-refractivity contribution in [3.63, 3.8) is 0 Å². The largest absolute Gasteiger partial charge is 0.478 e. The van der Waals surface area contributed by atoms with Gasteiger partial charge in [-0.2, -0.15) is 0 Å². The van der Waals surface area contributed by atoms with Crippen LogP contribution in [0.25, 0.3) is 0 Å². The van der Waals surface area contributed by atoms with Gasteiger partial charge in [-0.1, -0.05) is 18.2 Å². The maximum absolute atomic E-state index is 13.3. The number of aromatic carboxylic acids is 1. The molecule has 2 N–H and O–H groups in total. The van der Waals surface area contributed by atoms with Crippen molar-refractivity contribution >= 4 is 17.6 Å². The summed E-state index contributed by atoms with van der Waals surface area (Å²) in [4.78, 5) is 23.2. The van der Waals surface area contributed by atoms with Crippen LogP contribution in [0.5, 0.6) is 0 Å². The molecule has 5 heteroatoms. The number of hydrogen-bond acceptors (Lipinski definition) is 2. The minimum absolute atomic E-state index is 0.237. The highest BCUT2D eigenvalue weighted by Crippen LogP contribution is 2.18. The van der Waals surface area contributed by atoms with Crippen LogP contribution in [-0.4, -0.2) is 17.0 Å². The Morgan fingerprint density at radius 1 is 1.10 bits per heavy atom. The van der Waals surface area contributed by atoms with Gasteiger partial charge in [-0.25, -0.2) is 9.18 Å². The van der Waals surface area contributed by atoms with E-state index in [0.29, 0.717) is 5.56 Å². The third kappa shape index (κ3) is 3.08. The molecule has 0 radical (unpaired) electrons. The van der Waals surface area contributed by atoms with Crippen LogP contribution in [0.1, 0.15) is 31.8 Å². The second-order valence-electron chi connectivity index (χ2n) is 4.72. The van der Waals surface area contributed by atoms with Crippen LogP contribution in [0.4, 0.5) is 10.1 Å². The summed E-state index contributed by atoms with van der Waals surface area (Å²) in [5.74, 6) is -2.57. The molecule has 0 aliphatic carbocycles. The Labute approximate surface area is 121 Å². The van der Waals surface area contributed by atoms with E-state index in [2.05, 4.69) is 5.32 Å². The van der Waals surface area contributed by atoms with E-state index in [-0.39, 0.29) is 11.6 Å². The van der Waals surface area contributed by atoms with Gasteiger partial charge in [0, 0.05) is 11.3 Å². The van der Waals surface area contributed by atoms with E-state index < -0.39 is 17.3 Å². The SMILES string of the molecule is Cc1cccc(C)c1C(=O)Nc1ccc(F)c(C(=O)O)c1. The molecule has 1 amide bonds. The molecule has 4 nitrogen and oxygen atoms in total. The Morgan fingerprint density at radius 2 is 1.71 bits per heavy atom. The number of benzene rings is 2. The summed E-state index contributed by atoms with van der Waals surface area (Å²) in [7, 11) is 0. The number of amides is 1. The minimum atomic E-state index is -1.38. The van der Waals surface area contributed by atoms with Crippen molar-refractivity contribution in [2.45, 2.75) is 13.8 Å². The normalized spacial score (nSPS) is 10.2. The molecule has 0 aliphatic rings. The zero-order valence-corrected chi connectivity index (χ0v) is 11.6. The third-order valence-electron chi connectivity index (χ3n) is 3.16. The van der Waals surface area contributed by atoms with Gasteiger partial charge in [-0.15, -0.1) is 0 Å². The molecule has 0 saturated carbocycles. The number of carbonyl (C=O) groups excluding carboxylic acids is 1. The summed E-state index contributed by atoms with van der Waals surface area (Å²) in [6.07, 6.45) is 0. The van der Waals surface area contributed by atoms with E-state index in [9.17, 15) is 14.0 Å². The van der Waals surface area contributed by atoms with E-state index in [1.54, 1.807) is 0 Å². The summed E-state index contributed by atoms with van der Waals surface area (Å²) in [6.45, 7) is 3.63. The number of carbonyl (C=O) groups is 2. The van der Waals surface area contributed by atoms with E-state index in [1.807, 2.05) is 32.0 Å². The maximum Gasteiger partial charge on any atom is 0.338 e. The van der Waals surface area contributed by atoms with Gasteiger partial charge in [-0.05, 0) is 43.2 Å². The third-order valence-corrected chi connectivity index (χ3v) is 3.16. The summed E-state index contributed by atoms with van der Waals surface area (Å²) < 4.78 is 13.3. The number of aryl methyl sites for hydroxylation is 2.